The minimum atomic E-state index is 0.300. The van der Waals surface area contributed by atoms with Crippen LogP contribution in [0.5, 0.6) is 0 Å². The van der Waals surface area contributed by atoms with E-state index in [1.165, 1.54) is 0 Å². The van der Waals surface area contributed by atoms with E-state index in [4.69, 9.17) is 10.2 Å². The molecule has 0 aliphatic carbocycles. The zero-order valence-corrected chi connectivity index (χ0v) is 13.5. The predicted molar refractivity (Wildman–Crippen MR) is 78.4 cm³/mol. The fourth-order valence-electron chi connectivity index (χ4n) is 1.88. The molecule has 2 heterocycles. The van der Waals surface area contributed by atoms with Crippen LogP contribution in [0.3, 0.4) is 0 Å². The fraction of sp³-hybridized carbons (Fsp3) is 0.333. The summed E-state index contributed by atoms with van der Waals surface area (Å²) in [5.41, 5.74) is 7.86. The number of nitrogens with two attached hydrogens (primary N) is 1. The number of halogens is 2. The van der Waals surface area contributed by atoms with E-state index in [-0.39, 0.29) is 0 Å². The highest BCUT2D eigenvalue weighted by atomic mass is 79.9. The van der Waals surface area contributed by atoms with Crippen molar-refractivity contribution in [2.45, 2.75) is 26.7 Å². The zero-order valence-electron chi connectivity index (χ0n) is 10.3. The number of aryl methyl sites for hydroxylation is 1. The molecule has 0 aliphatic rings. The van der Waals surface area contributed by atoms with E-state index in [0.717, 1.165) is 15.7 Å². The van der Waals surface area contributed by atoms with Gasteiger partial charge in [0, 0.05) is 17.3 Å². The Morgan fingerprint density at radius 2 is 1.94 bits per heavy atom. The predicted octanol–water partition coefficient (Wildman–Crippen LogP) is 4.28. The van der Waals surface area contributed by atoms with Crippen molar-refractivity contribution in [2.75, 3.05) is 5.73 Å². The van der Waals surface area contributed by atoms with Gasteiger partial charge in [-0.05, 0) is 44.7 Å². The summed E-state index contributed by atoms with van der Waals surface area (Å²) in [4.78, 5) is 8.76. The molecule has 18 heavy (non-hydrogen) atoms. The van der Waals surface area contributed by atoms with Gasteiger partial charge in [-0.2, -0.15) is 0 Å². The summed E-state index contributed by atoms with van der Waals surface area (Å²) in [6, 6.07) is 1.81. The molecular weight excluding hydrogens is 362 g/mol. The van der Waals surface area contributed by atoms with Gasteiger partial charge in [-0.15, -0.1) is 0 Å². The van der Waals surface area contributed by atoms with Gasteiger partial charge in [-0.3, -0.25) is 0 Å². The van der Waals surface area contributed by atoms with Crippen LogP contribution in [0.15, 0.2) is 19.6 Å². The third-order valence-electron chi connectivity index (χ3n) is 2.61. The van der Waals surface area contributed by atoms with E-state index in [9.17, 15) is 0 Å². The molecule has 96 valence electrons. The molecule has 0 aromatic carbocycles. The Bertz CT molecular complexity index is 550. The topological polar surface area (TPSA) is 64.9 Å². The standard InChI is InChI=1S/C12H13Br2N3O/c1-5(2)9-6(3)16-12(17-11(9)15)8-4-7(13)10(14)18-8/h4-5H,1-3H3,(H2,15,16,17). The first-order chi connectivity index (χ1) is 8.40. The molecule has 2 rings (SSSR count). The maximum atomic E-state index is 5.99. The molecule has 0 spiro atoms. The summed E-state index contributed by atoms with van der Waals surface area (Å²) in [5.74, 6) is 1.89. The zero-order chi connectivity index (χ0) is 13.4. The van der Waals surface area contributed by atoms with E-state index in [1.807, 2.05) is 13.0 Å². The summed E-state index contributed by atoms with van der Waals surface area (Å²) in [6.07, 6.45) is 0. The van der Waals surface area contributed by atoms with E-state index < -0.39 is 0 Å². The van der Waals surface area contributed by atoms with Gasteiger partial charge < -0.3 is 10.2 Å². The van der Waals surface area contributed by atoms with Crippen molar-refractivity contribution in [1.82, 2.24) is 9.97 Å². The molecule has 0 amide bonds. The van der Waals surface area contributed by atoms with Crippen LogP contribution in [0, 0.1) is 6.92 Å². The summed E-state index contributed by atoms with van der Waals surface area (Å²) >= 11 is 6.65. The maximum absolute atomic E-state index is 5.99. The minimum absolute atomic E-state index is 0.300. The minimum Gasteiger partial charge on any atom is -0.445 e. The molecule has 2 N–H and O–H groups in total. The van der Waals surface area contributed by atoms with Crippen molar-refractivity contribution < 1.29 is 4.42 Å². The lowest BCUT2D eigenvalue weighted by molar-refractivity contribution is 0.549. The molecule has 0 unspecified atom stereocenters. The Morgan fingerprint density at radius 1 is 1.28 bits per heavy atom. The Hall–Kier alpha value is -0.880. The Balaban J connectivity index is 2.54. The molecule has 4 nitrogen and oxygen atoms in total. The first kappa shape index (κ1) is 13.5. The summed E-state index contributed by atoms with van der Waals surface area (Å²) in [5, 5.41) is 0. The van der Waals surface area contributed by atoms with Gasteiger partial charge in [0.25, 0.3) is 0 Å². The Morgan fingerprint density at radius 3 is 2.39 bits per heavy atom. The number of aromatic nitrogens is 2. The molecule has 0 saturated heterocycles. The average molecular weight is 375 g/mol. The lowest BCUT2D eigenvalue weighted by atomic mass is 10.0. The van der Waals surface area contributed by atoms with Gasteiger partial charge in [0.15, 0.2) is 16.3 Å². The van der Waals surface area contributed by atoms with E-state index in [1.54, 1.807) is 0 Å². The van der Waals surface area contributed by atoms with Crippen LogP contribution in [0.1, 0.15) is 31.0 Å². The molecule has 0 bridgehead atoms. The first-order valence-corrected chi connectivity index (χ1v) is 7.08. The highest BCUT2D eigenvalue weighted by molar-refractivity contribution is 9.13. The van der Waals surface area contributed by atoms with Crippen molar-refractivity contribution >= 4 is 37.7 Å². The number of hydrogen-bond donors (Lipinski definition) is 1. The van der Waals surface area contributed by atoms with Crippen LogP contribution in [-0.2, 0) is 0 Å². The van der Waals surface area contributed by atoms with E-state index in [0.29, 0.717) is 28.0 Å². The molecule has 2 aromatic heterocycles. The number of furan rings is 1. The molecule has 0 aliphatic heterocycles. The van der Waals surface area contributed by atoms with E-state index in [2.05, 4.69) is 55.7 Å². The number of anilines is 1. The summed E-state index contributed by atoms with van der Waals surface area (Å²) in [6.45, 7) is 6.08. The van der Waals surface area contributed by atoms with Crippen LogP contribution in [0.4, 0.5) is 5.82 Å². The third kappa shape index (κ3) is 2.44. The van der Waals surface area contributed by atoms with Gasteiger partial charge in [-0.1, -0.05) is 13.8 Å². The average Bonchev–Trinajstić information content (AvgIpc) is 2.57. The Labute approximate surface area is 122 Å². The molecule has 2 aromatic rings. The number of nitrogen functional groups attached to an aromatic ring is 1. The molecule has 0 radical (unpaired) electrons. The lowest BCUT2D eigenvalue weighted by Crippen LogP contribution is -2.06. The van der Waals surface area contributed by atoms with Gasteiger partial charge in [0.05, 0.1) is 4.47 Å². The number of rotatable bonds is 2. The summed E-state index contributed by atoms with van der Waals surface area (Å²) < 4.78 is 6.94. The molecular formula is C12H13Br2N3O. The van der Waals surface area contributed by atoms with Crippen molar-refractivity contribution in [2.24, 2.45) is 0 Å². The lowest BCUT2D eigenvalue weighted by Gasteiger charge is -2.12. The normalized spacial score (nSPS) is 11.2. The van der Waals surface area contributed by atoms with Crippen molar-refractivity contribution in [1.29, 1.82) is 0 Å². The van der Waals surface area contributed by atoms with Crippen molar-refractivity contribution in [3.63, 3.8) is 0 Å². The van der Waals surface area contributed by atoms with Gasteiger partial charge in [0.2, 0.25) is 0 Å². The number of nitrogens with zero attached hydrogens (tertiary/aromatic N) is 2. The van der Waals surface area contributed by atoms with Gasteiger partial charge >= 0.3 is 0 Å². The molecule has 0 saturated carbocycles. The van der Waals surface area contributed by atoms with Crippen LogP contribution in [0.2, 0.25) is 0 Å². The quantitative estimate of drug-likeness (QED) is 0.852. The SMILES string of the molecule is Cc1nc(-c2cc(Br)c(Br)o2)nc(N)c1C(C)C. The highest BCUT2D eigenvalue weighted by Crippen LogP contribution is 2.33. The second-order valence-electron chi connectivity index (χ2n) is 4.32. The smallest absolute Gasteiger partial charge is 0.197 e. The second kappa shape index (κ2) is 5.01. The van der Waals surface area contributed by atoms with Crippen molar-refractivity contribution in [3.05, 3.63) is 26.5 Å². The first-order valence-electron chi connectivity index (χ1n) is 5.49. The van der Waals surface area contributed by atoms with Crippen molar-refractivity contribution in [3.8, 4) is 11.6 Å². The molecule has 6 heteroatoms. The van der Waals surface area contributed by atoms with Crippen LogP contribution < -0.4 is 5.73 Å². The van der Waals surface area contributed by atoms with Gasteiger partial charge in [0.1, 0.15) is 5.82 Å². The van der Waals surface area contributed by atoms with Crippen LogP contribution in [0.25, 0.3) is 11.6 Å². The summed E-state index contributed by atoms with van der Waals surface area (Å²) in [7, 11) is 0. The molecule has 0 fully saturated rings. The maximum Gasteiger partial charge on any atom is 0.197 e. The monoisotopic (exact) mass is 373 g/mol. The van der Waals surface area contributed by atoms with Crippen LogP contribution in [-0.4, -0.2) is 9.97 Å². The Kier molecular flexibility index (Phi) is 3.77. The molecule has 0 atom stereocenters. The van der Waals surface area contributed by atoms with Crippen LogP contribution >= 0.6 is 31.9 Å². The largest absolute Gasteiger partial charge is 0.445 e. The number of hydrogen-bond acceptors (Lipinski definition) is 4. The third-order valence-corrected chi connectivity index (χ3v) is 4.32. The van der Waals surface area contributed by atoms with E-state index >= 15 is 0 Å². The fourth-order valence-corrected chi connectivity index (χ4v) is 2.46. The highest BCUT2D eigenvalue weighted by Gasteiger charge is 2.16. The van der Waals surface area contributed by atoms with Gasteiger partial charge in [-0.25, -0.2) is 9.97 Å². The second-order valence-corrected chi connectivity index (χ2v) is 5.89.